The second-order valence-corrected chi connectivity index (χ2v) is 7.74. The van der Waals surface area contributed by atoms with Crippen LogP contribution in [0.25, 0.3) is 0 Å². The SMILES string of the molecule is C[C@H]1CO[C@H]2c3ccc4c(c3C(=O)C(=O)[C@@H]12)CCCC4(C)C. The third-order valence-electron chi connectivity index (χ3n) is 5.84. The van der Waals surface area contributed by atoms with Crippen molar-refractivity contribution in [1.29, 1.82) is 0 Å². The van der Waals surface area contributed by atoms with E-state index in [1.54, 1.807) is 0 Å². The van der Waals surface area contributed by atoms with Gasteiger partial charge in [0, 0.05) is 5.56 Å². The van der Waals surface area contributed by atoms with E-state index in [0.29, 0.717) is 12.2 Å². The van der Waals surface area contributed by atoms with Gasteiger partial charge in [-0.3, -0.25) is 9.59 Å². The highest BCUT2D eigenvalue weighted by atomic mass is 16.5. The molecule has 0 aromatic heterocycles. The summed E-state index contributed by atoms with van der Waals surface area (Å²) in [7, 11) is 0. The maximum atomic E-state index is 12.8. The molecule has 2 aliphatic carbocycles. The van der Waals surface area contributed by atoms with Gasteiger partial charge in [0.15, 0.2) is 0 Å². The Morgan fingerprint density at radius 3 is 2.77 bits per heavy atom. The van der Waals surface area contributed by atoms with E-state index in [0.717, 1.165) is 30.4 Å². The average Bonchev–Trinajstić information content (AvgIpc) is 2.86. The molecule has 0 bridgehead atoms. The van der Waals surface area contributed by atoms with Crippen molar-refractivity contribution in [2.45, 2.75) is 51.6 Å². The van der Waals surface area contributed by atoms with Gasteiger partial charge in [0.25, 0.3) is 0 Å². The van der Waals surface area contributed by atoms with Crippen LogP contribution in [0.4, 0.5) is 0 Å². The minimum absolute atomic E-state index is 0.0760. The predicted molar refractivity (Wildman–Crippen MR) is 83.1 cm³/mol. The van der Waals surface area contributed by atoms with Crippen LogP contribution in [0.1, 0.15) is 66.8 Å². The topological polar surface area (TPSA) is 43.4 Å². The van der Waals surface area contributed by atoms with Crippen LogP contribution < -0.4 is 0 Å². The molecule has 0 N–H and O–H groups in total. The third-order valence-corrected chi connectivity index (χ3v) is 5.84. The van der Waals surface area contributed by atoms with E-state index >= 15 is 0 Å². The lowest BCUT2D eigenvalue weighted by Crippen LogP contribution is -2.38. The Kier molecular flexibility index (Phi) is 2.90. The lowest BCUT2D eigenvalue weighted by atomic mass is 9.67. The van der Waals surface area contributed by atoms with Gasteiger partial charge in [-0.15, -0.1) is 0 Å². The number of hydrogen-bond acceptors (Lipinski definition) is 3. The van der Waals surface area contributed by atoms with E-state index in [1.807, 2.05) is 13.0 Å². The fourth-order valence-corrected chi connectivity index (χ4v) is 4.62. The molecule has 0 unspecified atom stereocenters. The van der Waals surface area contributed by atoms with Gasteiger partial charge < -0.3 is 4.74 Å². The molecule has 1 aliphatic heterocycles. The summed E-state index contributed by atoms with van der Waals surface area (Å²) in [4.78, 5) is 25.4. The Morgan fingerprint density at radius 2 is 2.00 bits per heavy atom. The fraction of sp³-hybridized carbons (Fsp3) is 0.579. The summed E-state index contributed by atoms with van der Waals surface area (Å²) in [5, 5.41) is 0. The second-order valence-electron chi connectivity index (χ2n) is 7.74. The summed E-state index contributed by atoms with van der Waals surface area (Å²) >= 11 is 0. The molecule has 4 rings (SSSR count). The number of Topliss-reactive ketones (excluding diaryl/α,β-unsaturated/α-hetero) is 2. The van der Waals surface area contributed by atoms with Gasteiger partial charge in [-0.2, -0.15) is 0 Å². The van der Waals surface area contributed by atoms with Crippen LogP contribution in [0.5, 0.6) is 0 Å². The molecule has 0 saturated carbocycles. The molecule has 0 amide bonds. The first-order valence-corrected chi connectivity index (χ1v) is 8.28. The normalized spacial score (nSPS) is 32.4. The zero-order valence-corrected chi connectivity index (χ0v) is 13.4. The average molecular weight is 298 g/mol. The van der Waals surface area contributed by atoms with Crippen LogP contribution in [0.2, 0.25) is 0 Å². The van der Waals surface area contributed by atoms with E-state index in [2.05, 4.69) is 19.9 Å². The number of benzene rings is 1. The maximum absolute atomic E-state index is 12.8. The first-order chi connectivity index (χ1) is 10.4. The molecular weight excluding hydrogens is 276 g/mol. The molecule has 3 heteroatoms. The van der Waals surface area contributed by atoms with Gasteiger partial charge in [0.1, 0.15) is 0 Å². The highest BCUT2D eigenvalue weighted by Gasteiger charge is 2.49. The van der Waals surface area contributed by atoms with Gasteiger partial charge in [-0.05, 0) is 47.3 Å². The van der Waals surface area contributed by atoms with Gasteiger partial charge in [0.2, 0.25) is 11.6 Å². The van der Waals surface area contributed by atoms with Crippen molar-refractivity contribution in [3.63, 3.8) is 0 Å². The molecule has 0 spiro atoms. The van der Waals surface area contributed by atoms with E-state index in [1.165, 1.54) is 5.56 Å². The summed E-state index contributed by atoms with van der Waals surface area (Å²) in [5.41, 5.74) is 4.05. The predicted octanol–water partition coefficient (Wildman–Crippen LogP) is 3.39. The number of hydrogen-bond donors (Lipinski definition) is 0. The van der Waals surface area contributed by atoms with E-state index in [-0.39, 0.29) is 34.9 Å². The highest BCUT2D eigenvalue weighted by Crippen LogP contribution is 2.48. The lowest BCUT2D eigenvalue weighted by molar-refractivity contribution is -0.121. The number of carbonyl (C=O) groups excluding carboxylic acids is 2. The van der Waals surface area contributed by atoms with Crippen molar-refractivity contribution >= 4 is 11.6 Å². The number of rotatable bonds is 0. The summed E-state index contributed by atoms with van der Waals surface area (Å²) in [6.45, 7) is 7.02. The number of ketones is 2. The molecule has 0 radical (unpaired) electrons. The Hall–Kier alpha value is -1.48. The van der Waals surface area contributed by atoms with Gasteiger partial charge in [0.05, 0.1) is 18.6 Å². The fourth-order valence-electron chi connectivity index (χ4n) is 4.62. The Balaban J connectivity index is 1.95. The maximum Gasteiger partial charge on any atom is 0.229 e. The first-order valence-electron chi connectivity index (χ1n) is 8.28. The van der Waals surface area contributed by atoms with Gasteiger partial charge in [-0.25, -0.2) is 0 Å². The summed E-state index contributed by atoms with van der Waals surface area (Å²) in [5.74, 6) is -0.667. The van der Waals surface area contributed by atoms with Crippen LogP contribution in [-0.4, -0.2) is 18.2 Å². The molecule has 1 saturated heterocycles. The third kappa shape index (κ3) is 1.72. The van der Waals surface area contributed by atoms with E-state index in [9.17, 15) is 9.59 Å². The number of ether oxygens (including phenoxy) is 1. The summed E-state index contributed by atoms with van der Waals surface area (Å²) in [6.07, 6.45) is 2.88. The number of carbonyl (C=O) groups is 2. The van der Waals surface area contributed by atoms with Crippen molar-refractivity contribution in [2.75, 3.05) is 6.61 Å². The van der Waals surface area contributed by atoms with Crippen molar-refractivity contribution in [1.82, 2.24) is 0 Å². The van der Waals surface area contributed by atoms with Crippen molar-refractivity contribution in [3.05, 3.63) is 34.4 Å². The summed E-state index contributed by atoms with van der Waals surface area (Å²) < 4.78 is 5.88. The van der Waals surface area contributed by atoms with Crippen LogP contribution in [0, 0.1) is 11.8 Å². The van der Waals surface area contributed by atoms with Crippen molar-refractivity contribution in [3.8, 4) is 0 Å². The lowest BCUT2D eigenvalue weighted by Gasteiger charge is -2.36. The molecular formula is C19H22O3. The minimum atomic E-state index is -0.283. The van der Waals surface area contributed by atoms with Crippen molar-refractivity contribution < 1.29 is 14.3 Å². The first kappa shape index (κ1) is 14.1. The van der Waals surface area contributed by atoms with E-state index < -0.39 is 0 Å². The van der Waals surface area contributed by atoms with Gasteiger partial charge in [-0.1, -0.05) is 32.9 Å². The Labute approximate surface area is 131 Å². The molecule has 1 fully saturated rings. The zero-order valence-electron chi connectivity index (χ0n) is 13.4. The second kappa shape index (κ2) is 4.51. The monoisotopic (exact) mass is 298 g/mol. The molecule has 1 heterocycles. The Bertz CT molecular complexity index is 686. The van der Waals surface area contributed by atoms with E-state index in [4.69, 9.17) is 4.74 Å². The molecule has 1 aromatic carbocycles. The minimum Gasteiger partial charge on any atom is -0.372 e. The van der Waals surface area contributed by atoms with Crippen LogP contribution in [0.15, 0.2) is 12.1 Å². The van der Waals surface area contributed by atoms with Crippen molar-refractivity contribution in [2.24, 2.45) is 11.8 Å². The van der Waals surface area contributed by atoms with Crippen LogP contribution in [0.3, 0.4) is 0 Å². The number of fused-ring (bicyclic) bond motifs is 5. The molecule has 3 atom stereocenters. The van der Waals surface area contributed by atoms with Gasteiger partial charge >= 0.3 is 0 Å². The smallest absolute Gasteiger partial charge is 0.229 e. The van der Waals surface area contributed by atoms with Crippen LogP contribution >= 0.6 is 0 Å². The quantitative estimate of drug-likeness (QED) is 0.690. The van der Waals surface area contributed by atoms with Crippen LogP contribution in [-0.2, 0) is 21.4 Å². The highest BCUT2D eigenvalue weighted by molar-refractivity contribution is 6.46. The standard InChI is InChI=1S/C19H22O3/c1-10-9-22-18-12-6-7-13-11(5-4-8-19(13,2)3)15(12)17(21)16(20)14(10)18/h6-7,10,14,18H,4-5,8-9H2,1-3H3/t10-,14+,18-/m0/s1. The molecule has 116 valence electrons. The molecule has 3 aliphatic rings. The zero-order chi connectivity index (χ0) is 15.6. The largest absolute Gasteiger partial charge is 0.372 e. The Morgan fingerprint density at radius 1 is 1.23 bits per heavy atom. The summed E-state index contributed by atoms with van der Waals surface area (Å²) in [6, 6.07) is 4.21. The molecule has 3 nitrogen and oxygen atoms in total. The molecule has 1 aromatic rings. The molecule has 22 heavy (non-hydrogen) atoms.